The zero-order valence-corrected chi connectivity index (χ0v) is 14.4. The quantitative estimate of drug-likeness (QED) is 0.565. The lowest BCUT2D eigenvalue weighted by Crippen LogP contribution is -2.06. The molecule has 1 N–H and O–H groups in total. The first-order chi connectivity index (χ1) is 11.6. The van der Waals surface area contributed by atoms with E-state index in [2.05, 4.69) is 10.2 Å². The minimum absolute atomic E-state index is 0.403. The highest BCUT2D eigenvalue weighted by Gasteiger charge is 2.13. The van der Waals surface area contributed by atoms with Crippen molar-refractivity contribution in [2.24, 2.45) is 0 Å². The van der Waals surface area contributed by atoms with Gasteiger partial charge in [0.1, 0.15) is 5.82 Å². The van der Waals surface area contributed by atoms with Crippen molar-refractivity contribution in [3.05, 3.63) is 75.3 Å². The monoisotopic (exact) mass is 359 g/mol. The van der Waals surface area contributed by atoms with Crippen molar-refractivity contribution in [1.82, 2.24) is 14.8 Å². The summed E-state index contributed by atoms with van der Waals surface area (Å²) in [5.74, 6) is 0.301. The van der Waals surface area contributed by atoms with Crippen molar-refractivity contribution in [2.45, 2.75) is 6.42 Å². The number of aromatic nitrogens is 3. The van der Waals surface area contributed by atoms with Gasteiger partial charge in [0.25, 0.3) is 0 Å². The standard InChI is InChI=1S/C17H14ClN3O2S/c1-23-16(22)12-6-4-7-13(9-12)21-15(19-20-17(21)24)10-11-5-2-3-8-14(11)18/h2-9H,10H2,1H3,(H,20,24). The van der Waals surface area contributed by atoms with Crippen LogP contribution < -0.4 is 0 Å². The minimum atomic E-state index is -0.403. The molecule has 1 aromatic heterocycles. The highest BCUT2D eigenvalue weighted by molar-refractivity contribution is 7.71. The number of methoxy groups -OCH3 is 1. The number of ether oxygens (including phenoxy) is 1. The largest absolute Gasteiger partial charge is 0.465 e. The van der Waals surface area contributed by atoms with E-state index in [1.807, 2.05) is 30.3 Å². The average Bonchev–Trinajstić information content (AvgIpc) is 2.96. The molecule has 1 heterocycles. The second kappa shape index (κ2) is 6.98. The minimum Gasteiger partial charge on any atom is -0.465 e. The van der Waals surface area contributed by atoms with Crippen LogP contribution in [-0.2, 0) is 11.2 Å². The van der Waals surface area contributed by atoms with Crippen LogP contribution in [0.5, 0.6) is 0 Å². The third kappa shape index (κ3) is 3.25. The summed E-state index contributed by atoms with van der Waals surface area (Å²) in [6.45, 7) is 0. The number of nitrogens with zero attached hydrogens (tertiary/aromatic N) is 2. The molecule has 0 saturated heterocycles. The van der Waals surface area contributed by atoms with Crippen molar-refractivity contribution in [3.8, 4) is 5.69 Å². The molecular weight excluding hydrogens is 346 g/mol. The molecule has 0 radical (unpaired) electrons. The summed E-state index contributed by atoms with van der Waals surface area (Å²) >= 11 is 11.6. The van der Waals surface area contributed by atoms with Gasteiger partial charge in [-0.2, -0.15) is 5.10 Å². The van der Waals surface area contributed by atoms with Gasteiger partial charge in [0, 0.05) is 11.4 Å². The molecule has 3 rings (SSSR count). The van der Waals surface area contributed by atoms with Gasteiger partial charge in [0.2, 0.25) is 0 Å². The fraction of sp³-hybridized carbons (Fsp3) is 0.118. The van der Waals surface area contributed by atoms with E-state index in [0.717, 1.165) is 11.3 Å². The summed E-state index contributed by atoms with van der Waals surface area (Å²) in [6.07, 6.45) is 0.509. The number of carbonyl (C=O) groups is 1. The molecule has 0 aliphatic carbocycles. The molecule has 0 fully saturated rings. The van der Waals surface area contributed by atoms with E-state index in [9.17, 15) is 4.79 Å². The zero-order valence-electron chi connectivity index (χ0n) is 12.8. The number of aromatic amines is 1. The van der Waals surface area contributed by atoms with Crippen molar-refractivity contribution >= 4 is 29.8 Å². The molecule has 0 amide bonds. The van der Waals surface area contributed by atoms with Crippen molar-refractivity contribution in [1.29, 1.82) is 0 Å². The molecule has 0 bridgehead atoms. The van der Waals surface area contributed by atoms with Crippen LogP contribution in [0.25, 0.3) is 5.69 Å². The van der Waals surface area contributed by atoms with Crippen LogP contribution in [0.1, 0.15) is 21.7 Å². The Morgan fingerprint density at radius 2 is 2.08 bits per heavy atom. The predicted octanol–water partition coefficient (Wildman–Crippen LogP) is 3.96. The molecule has 0 spiro atoms. The molecule has 7 heteroatoms. The van der Waals surface area contributed by atoms with E-state index in [1.54, 1.807) is 22.8 Å². The molecule has 0 saturated carbocycles. The second-order valence-electron chi connectivity index (χ2n) is 5.09. The van der Waals surface area contributed by atoms with E-state index < -0.39 is 5.97 Å². The zero-order chi connectivity index (χ0) is 17.1. The van der Waals surface area contributed by atoms with E-state index in [1.165, 1.54) is 7.11 Å². The highest BCUT2D eigenvalue weighted by atomic mass is 35.5. The summed E-state index contributed by atoms with van der Waals surface area (Å²) in [4.78, 5) is 11.7. The molecule has 3 aromatic rings. The van der Waals surface area contributed by atoms with Crippen LogP contribution in [-0.4, -0.2) is 27.8 Å². The third-order valence-electron chi connectivity index (χ3n) is 3.57. The van der Waals surface area contributed by atoms with Crippen LogP contribution in [0.2, 0.25) is 5.02 Å². The van der Waals surface area contributed by atoms with Gasteiger partial charge in [-0.3, -0.25) is 9.67 Å². The number of hydrogen-bond acceptors (Lipinski definition) is 4. The highest BCUT2D eigenvalue weighted by Crippen LogP contribution is 2.20. The first-order valence-electron chi connectivity index (χ1n) is 7.18. The van der Waals surface area contributed by atoms with Gasteiger partial charge in [-0.05, 0) is 42.0 Å². The Balaban J connectivity index is 2.04. The lowest BCUT2D eigenvalue weighted by molar-refractivity contribution is 0.0600. The molecular formula is C17H14ClN3O2S. The van der Waals surface area contributed by atoms with Crippen LogP contribution in [0, 0.1) is 4.77 Å². The van der Waals surface area contributed by atoms with Crippen LogP contribution in [0.15, 0.2) is 48.5 Å². The van der Waals surface area contributed by atoms with Gasteiger partial charge < -0.3 is 4.74 Å². The summed E-state index contributed by atoms with van der Waals surface area (Å²) in [7, 11) is 1.35. The summed E-state index contributed by atoms with van der Waals surface area (Å²) in [5.41, 5.74) is 2.12. The fourth-order valence-electron chi connectivity index (χ4n) is 2.42. The Morgan fingerprint density at radius 1 is 1.29 bits per heavy atom. The molecule has 5 nitrogen and oxygen atoms in total. The van der Waals surface area contributed by atoms with Crippen molar-refractivity contribution in [3.63, 3.8) is 0 Å². The topological polar surface area (TPSA) is 59.9 Å². The lowest BCUT2D eigenvalue weighted by atomic mass is 10.1. The average molecular weight is 360 g/mol. The van der Waals surface area contributed by atoms with Crippen LogP contribution >= 0.6 is 23.8 Å². The van der Waals surface area contributed by atoms with Gasteiger partial charge in [0.15, 0.2) is 4.77 Å². The Morgan fingerprint density at radius 3 is 2.83 bits per heavy atom. The van der Waals surface area contributed by atoms with Crippen LogP contribution in [0.3, 0.4) is 0 Å². The first kappa shape index (κ1) is 16.4. The SMILES string of the molecule is COC(=O)c1cccc(-n2c(Cc3ccccc3Cl)n[nH]c2=S)c1. The maximum atomic E-state index is 11.7. The van der Waals surface area contributed by atoms with Gasteiger partial charge in [-0.15, -0.1) is 0 Å². The van der Waals surface area contributed by atoms with E-state index in [4.69, 9.17) is 28.6 Å². The number of esters is 1. The van der Waals surface area contributed by atoms with Crippen molar-refractivity contribution in [2.75, 3.05) is 7.11 Å². The first-order valence-corrected chi connectivity index (χ1v) is 7.97. The maximum absolute atomic E-state index is 11.7. The smallest absolute Gasteiger partial charge is 0.337 e. The van der Waals surface area contributed by atoms with E-state index in [0.29, 0.717) is 27.6 Å². The summed E-state index contributed by atoms with van der Waals surface area (Å²) in [6, 6.07) is 14.6. The fourth-order valence-corrected chi connectivity index (χ4v) is 2.88. The number of rotatable bonds is 4. The van der Waals surface area contributed by atoms with Gasteiger partial charge in [0.05, 0.1) is 18.4 Å². The number of nitrogens with one attached hydrogen (secondary N) is 1. The molecule has 0 atom stereocenters. The van der Waals surface area contributed by atoms with Gasteiger partial charge >= 0.3 is 5.97 Å². The Bertz CT molecular complexity index is 949. The number of carbonyl (C=O) groups excluding carboxylic acids is 1. The number of hydrogen-bond donors (Lipinski definition) is 1. The van der Waals surface area contributed by atoms with Crippen molar-refractivity contribution < 1.29 is 9.53 Å². The Hall–Kier alpha value is -2.44. The normalized spacial score (nSPS) is 10.6. The van der Waals surface area contributed by atoms with Gasteiger partial charge in [-0.1, -0.05) is 35.9 Å². The summed E-state index contributed by atoms with van der Waals surface area (Å²) in [5, 5.41) is 7.76. The molecule has 2 aromatic carbocycles. The molecule has 122 valence electrons. The lowest BCUT2D eigenvalue weighted by Gasteiger charge is -2.09. The number of H-pyrrole nitrogens is 1. The second-order valence-corrected chi connectivity index (χ2v) is 5.88. The van der Waals surface area contributed by atoms with E-state index in [-0.39, 0.29) is 0 Å². The molecule has 0 aliphatic heterocycles. The number of halogens is 1. The van der Waals surface area contributed by atoms with E-state index >= 15 is 0 Å². The van der Waals surface area contributed by atoms with Gasteiger partial charge in [-0.25, -0.2) is 4.79 Å². The third-order valence-corrected chi connectivity index (χ3v) is 4.22. The summed E-state index contributed by atoms with van der Waals surface area (Å²) < 4.78 is 6.99. The molecule has 0 unspecified atom stereocenters. The number of benzene rings is 2. The predicted molar refractivity (Wildman–Crippen MR) is 94.3 cm³/mol. The Kier molecular flexibility index (Phi) is 4.78. The Labute approximate surface area is 148 Å². The molecule has 0 aliphatic rings. The van der Waals surface area contributed by atoms with Crippen LogP contribution in [0.4, 0.5) is 0 Å². The maximum Gasteiger partial charge on any atom is 0.337 e. The molecule has 24 heavy (non-hydrogen) atoms.